The van der Waals surface area contributed by atoms with Crippen molar-refractivity contribution in [3.05, 3.63) is 72.9 Å². The van der Waals surface area contributed by atoms with E-state index < -0.39 is 17.9 Å². The normalized spacial score (nSPS) is 13.4. The van der Waals surface area contributed by atoms with Gasteiger partial charge in [0.25, 0.3) is 0 Å². The number of unbranched alkanes of at least 4 members (excludes halogenated alkanes) is 1. The summed E-state index contributed by atoms with van der Waals surface area (Å²) < 4.78 is 0. The number of amides is 2. The number of aliphatic carboxylic acids is 1. The van der Waals surface area contributed by atoms with Gasteiger partial charge in [-0.1, -0.05) is 79.8 Å². The van der Waals surface area contributed by atoms with Crippen LogP contribution in [0.15, 0.2) is 72.9 Å². The van der Waals surface area contributed by atoms with E-state index in [2.05, 4.69) is 73.0 Å². The molecule has 0 rings (SSSR count). The zero-order valence-electron chi connectivity index (χ0n) is 19.8. The lowest BCUT2D eigenvalue weighted by molar-refractivity contribution is -0.142. The van der Waals surface area contributed by atoms with Gasteiger partial charge in [0.2, 0.25) is 11.8 Å². The van der Waals surface area contributed by atoms with Gasteiger partial charge in [-0.15, -0.1) is 0 Å². The zero-order chi connectivity index (χ0) is 24.6. The molecule has 0 heterocycles. The Morgan fingerprint density at radius 1 is 0.758 bits per heavy atom. The smallest absolute Gasteiger partial charge is 0.326 e. The Morgan fingerprint density at radius 3 is 1.94 bits per heavy atom. The number of carboxylic acid groups (broad SMARTS) is 1. The quantitative estimate of drug-likeness (QED) is 0.139. The molecule has 0 unspecified atom stereocenters. The molecule has 0 radical (unpaired) electrons. The highest BCUT2D eigenvalue weighted by Gasteiger charge is 2.19. The van der Waals surface area contributed by atoms with Crippen molar-refractivity contribution in [3.8, 4) is 0 Å². The van der Waals surface area contributed by atoms with E-state index in [0.717, 1.165) is 38.5 Å². The first kappa shape index (κ1) is 29.9. The van der Waals surface area contributed by atoms with E-state index >= 15 is 0 Å². The fourth-order valence-electron chi connectivity index (χ4n) is 2.67. The molecule has 0 aliphatic heterocycles. The van der Waals surface area contributed by atoms with E-state index in [1.807, 2.05) is 12.2 Å². The standard InChI is InChI=1S/C27H40N2O4/c1-2-3-4-5-6-7-8-9-10-11-12-13-14-15-16-17-18-19-20-21-26(31)29-24(27(32)33)22-23-25(28)30/h3-4,6-7,10-13,15-16,18-19,24H,2,5,8-9,14,17,20-23H2,1H3,(H2,28,30)(H,29,31)(H,32,33)/t24-/m0/s1. The molecular formula is C27H40N2O4. The van der Waals surface area contributed by atoms with Crippen LogP contribution in [0.3, 0.4) is 0 Å². The Kier molecular flexibility index (Phi) is 20.0. The van der Waals surface area contributed by atoms with Crippen LogP contribution in [-0.4, -0.2) is 28.9 Å². The predicted octanol–water partition coefficient (Wildman–Crippen LogP) is 5.30. The molecule has 182 valence electrons. The first-order chi connectivity index (χ1) is 16.0. The van der Waals surface area contributed by atoms with Crippen molar-refractivity contribution in [2.24, 2.45) is 5.73 Å². The molecule has 33 heavy (non-hydrogen) atoms. The summed E-state index contributed by atoms with van der Waals surface area (Å²) in [7, 11) is 0. The van der Waals surface area contributed by atoms with Crippen LogP contribution in [0, 0.1) is 0 Å². The Balaban J connectivity index is 3.83. The second kappa shape index (κ2) is 22.1. The highest BCUT2D eigenvalue weighted by atomic mass is 16.4. The van der Waals surface area contributed by atoms with Crippen molar-refractivity contribution < 1.29 is 19.5 Å². The number of nitrogens with two attached hydrogens (primary N) is 1. The third-order valence-corrected chi connectivity index (χ3v) is 4.45. The van der Waals surface area contributed by atoms with Gasteiger partial charge in [-0.25, -0.2) is 4.79 Å². The maximum Gasteiger partial charge on any atom is 0.326 e. The Labute approximate surface area is 198 Å². The second-order valence-electron chi connectivity index (χ2n) is 7.44. The third kappa shape index (κ3) is 21.9. The largest absolute Gasteiger partial charge is 0.480 e. The molecule has 4 N–H and O–H groups in total. The topological polar surface area (TPSA) is 109 Å². The Bertz CT molecular complexity index is 730. The fraction of sp³-hybridized carbons (Fsp3) is 0.444. The minimum atomic E-state index is -1.17. The lowest BCUT2D eigenvalue weighted by atomic mass is 10.1. The van der Waals surface area contributed by atoms with E-state index in [4.69, 9.17) is 10.8 Å². The minimum absolute atomic E-state index is 0.00415. The highest BCUT2D eigenvalue weighted by molar-refractivity contribution is 5.84. The second-order valence-corrected chi connectivity index (χ2v) is 7.44. The monoisotopic (exact) mass is 456 g/mol. The molecule has 0 aliphatic carbocycles. The van der Waals surface area contributed by atoms with Crippen molar-refractivity contribution >= 4 is 17.8 Å². The molecule has 0 spiro atoms. The molecule has 0 aromatic heterocycles. The van der Waals surface area contributed by atoms with Gasteiger partial charge < -0.3 is 16.2 Å². The molecule has 0 saturated carbocycles. The number of allylic oxidation sites excluding steroid dienone is 12. The number of carboxylic acids is 1. The summed E-state index contributed by atoms with van der Waals surface area (Å²) in [6, 6.07) is -1.09. The van der Waals surface area contributed by atoms with Gasteiger partial charge in [-0.2, -0.15) is 0 Å². The van der Waals surface area contributed by atoms with Crippen LogP contribution < -0.4 is 11.1 Å². The van der Waals surface area contributed by atoms with Gasteiger partial charge >= 0.3 is 5.97 Å². The molecule has 2 amide bonds. The van der Waals surface area contributed by atoms with Gasteiger partial charge in [-0.05, 0) is 51.4 Å². The van der Waals surface area contributed by atoms with Crippen molar-refractivity contribution in [1.82, 2.24) is 5.32 Å². The minimum Gasteiger partial charge on any atom is -0.480 e. The number of hydrogen-bond donors (Lipinski definition) is 3. The first-order valence-electron chi connectivity index (χ1n) is 11.7. The summed E-state index contributed by atoms with van der Waals surface area (Å²) in [5, 5.41) is 11.5. The number of hydrogen-bond acceptors (Lipinski definition) is 3. The van der Waals surface area contributed by atoms with Gasteiger partial charge in [0.1, 0.15) is 6.04 Å². The molecule has 0 fully saturated rings. The molecule has 6 heteroatoms. The van der Waals surface area contributed by atoms with Gasteiger partial charge in [0.15, 0.2) is 0 Å². The van der Waals surface area contributed by atoms with E-state index in [9.17, 15) is 14.4 Å². The van der Waals surface area contributed by atoms with E-state index in [0.29, 0.717) is 6.42 Å². The molecule has 0 bridgehead atoms. The molecule has 0 saturated heterocycles. The van der Waals surface area contributed by atoms with Crippen LogP contribution in [0.4, 0.5) is 0 Å². The first-order valence-corrected chi connectivity index (χ1v) is 11.7. The van der Waals surface area contributed by atoms with Crippen molar-refractivity contribution in [2.45, 2.75) is 77.2 Å². The van der Waals surface area contributed by atoms with Crippen LogP contribution in [0.1, 0.15) is 71.1 Å². The fourth-order valence-corrected chi connectivity index (χ4v) is 2.67. The van der Waals surface area contributed by atoms with Crippen molar-refractivity contribution in [2.75, 3.05) is 0 Å². The van der Waals surface area contributed by atoms with E-state index in [-0.39, 0.29) is 25.2 Å². The predicted molar refractivity (Wildman–Crippen MR) is 135 cm³/mol. The number of primary amides is 1. The summed E-state index contributed by atoms with van der Waals surface area (Å²) in [4.78, 5) is 33.7. The average Bonchev–Trinajstić information content (AvgIpc) is 2.77. The highest BCUT2D eigenvalue weighted by Crippen LogP contribution is 2.01. The van der Waals surface area contributed by atoms with Crippen LogP contribution in [-0.2, 0) is 14.4 Å². The summed E-state index contributed by atoms with van der Waals surface area (Å²) in [5.74, 6) is -2.11. The Hall–Kier alpha value is -3.15. The van der Waals surface area contributed by atoms with Crippen LogP contribution in [0.5, 0.6) is 0 Å². The van der Waals surface area contributed by atoms with Gasteiger partial charge in [0.05, 0.1) is 0 Å². The van der Waals surface area contributed by atoms with Crippen molar-refractivity contribution in [3.63, 3.8) is 0 Å². The van der Waals surface area contributed by atoms with Crippen LogP contribution >= 0.6 is 0 Å². The maximum atomic E-state index is 11.8. The lowest BCUT2D eigenvalue weighted by Crippen LogP contribution is -2.41. The van der Waals surface area contributed by atoms with Crippen LogP contribution in [0.25, 0.3) is 0 Å². The molecule has 0 aliphatic rings. The number of carbonyl (C=O) groups is 3. The summed E-state index contributed by atoms with van der Waals surface area (Å²) in [6.45, 7) is 2.14. The summed E-state index contributed by atoms with van der Waals surface area (Å²) >= 11 is 0. The average molecular weight is 457 g/mol. The molecule has 0 aromatic rings. The van der Waals surface area contributed by atoms with E-state index in [1.165, 1.54) is 0 Å². The SMILES string of the molecule is CCC=CCC=CCCC=CC=CCC=CCC=CCCC(=O)N[C@@H](CCC(N)=O)C(=O)O. The number of carbonyl (C=O) groups excluding carboxylic acids is 2. The lowest BCUT2D eigenvalue weighted by Gasteiger charge is -2.13. The molecular weight excluding hydrogens is 416 g/mol. The molecule has 0 aromatic carbocycles. The molecule has 1 atom stereocenters. The number of nitrogens with one attached hydrogen (secondary N) is 1. The summed E-state index contributed by atoms with van der Waals surface area (Å²) in [6.07, 6.45) is 31.7. The van der Waals surface area contributed by atoms with Gasteiger partial charge in [-0.3, -0.25) is 9.59 Å². The molecule has 6 nitrogen and oxygen atoms in total. The van der Waals surface area contributed by atoms with E-state index in [1.54, 1.807) is 0 Å². The Morgan fingerprint density at radius 2 is 1.30 bits per heavy atom. The zero-order valence-corrected chi connectivity index (χ0v) is 19.8. The van der Waals surface area contributed by atoms with Crippen molar-refractivity contribution in [1.29, 1.82) is 0 Å². The van der Waals surface area contributed by atoms with Gasteiger partial charge in [0, 0.05) is 12.8 Å². The summed E-state index contributed by atoms with van der Waals surface area (Å²) in [5.41, 5.74) is 5.02. The third-order valence-electron chi connectivity index (χ3n) is 4.45. The van der Waals surface area contributed by atoms with Crippen LogP contribution in [0.2, 0.25) is 0 Å². The maximum absolute atomic E-state index is 11.8. The number of rotatable bonds is 19.